The molecular formula is C17H25BrN2O. The molecule has 1 saturated carbocycles. The molecule has 2 unspecified atom stereocenters. The molecule has 0 bridgehead atoms. The predicted octanol–water partition coefficient (Wildman–Crippen LogP) is 3.71. The first kappa shape index (κ1) is 16.5. The van der Waals surface area contributed by atoms with Gasteiger partial charge < -0.3 is 11.1 Å². The highest BCUT2D eigenvalue weighted by Crippen LogP contribution is 2.26. The molecule has 0 aromatic heterocycles. The number of carbonyl (C=O) groups excluding carboxylic acids is 1. The monoisotopic (exact) mass is 352 g/mol. The Labute approximate surface area is 135 Å². The van der Waals surface area contributed by atoms with Crippen LogP contribution in [0.15, 0.2) is 28.7 Å². The van der Waals surface area contributed by atoms with Gasteiger partial charge in [0.05, 0.1) is 11.5 Å². The number of hydrogen-bond acceptors (Lipinski definition) is 2. The van der Waals surface area contributed by atoms with Crippen LogP contribution in [-0.2, 0) is 10.3 Å². The topological polar surface area (TPSA) is 55.1 Å². The fourth-order valence-corrected chi connectivity index (χ4v) is 3.27. The minimum atomic E-state index is -0.385. The summed E-state index contributed by atoms with van der Waals surface area (Å²) in [5.74, 6) is 0.0412. The van der Waals surface area contributed by atoms with Gasteiger partial charge in [0.25, 0.3) is 0 Å². The second-order valence-corrected chi connectivity index (χ2v) is 7.45. The van der Waals surface area contributed by atoms with Crippen molar-refractivity contribution in [1.29, 1.82) is 0 Å². The van der Waals surface area contributed by atoms with Crippen LogP contribution < -0.4 is 11.1 Å². The zero-order valence-corrected chi connectivity index (χ0v) is 14.4. The Balaban J connectivity index is 2.07. The first-order valence-electron chi connectivity index (χ1n) is 7.74. The molecule has 4 heteroatoms. The number of hydrogen-bond donors (Lipinski definition) is 2. The maximum Gasteiger partial charge on any atom is 0.225 e. The van der Waals surface area contributed by atoms with E-state index < -0.39 is 0 Å². The quantitative estimate of drug-likeness (QED) is 0.814. The number of benzene rings is 1. The molecule has 0 radical (unpaired) electrons. The van der Waals surface area contributed by atoms with E-state index >= 15 is 0 Å². The Morgan fingerprint density at radius 3 is 2.48 bits per heavy atom. The summed E-state index contributed by atoms with van der Waals surface area (Å²) in [6.07, 6.45) is 5.29. The zero-order valence-electron chi connectivity index (χ0n) is 12.9. The molecular weight excluding hydrogens is 328 g/mol. The maximum atomic E-state index is 12.6. The number of nitrogens with one attached hydrogen (secondary N) is 1. The van der Waals surface area contributed by atoms with Gasteiger partial charge in [0.15, 0.2) is 0 Å². The molecule has 3 nitrogen and oxygen atoms in total. The second kappa shape index (κ2) is 6.93. The van der Waals surface area contributed by atoms with Crippen LogP contribution in [0, 0.1) is 5.92 Å². The van der Waals surface area contributed by atoms with E-state index in [1.807, 2.05) is 38.1 Å². The normalized spacial score (nSPS) is 23.4. The van der Waals surface area contributed by atoms with Crippen LogP contribution in [0.5, 0.6) is 0 Å². The summed E-state index contributed by atoms with van der Waals surface area (Å²) in [7, 11) is 0. The Bertz CT molecular complexity index is 484. The third-order valence-electron chi connectivity index (χ3n) is 4.41. The fourth-order valence-electron chi connectivity index (χ4n) is 3.00. The van der Waals surface area contributed by atoms with Gasteiger partial charge >= 0.3 is 0 Å². The highest BCUT2D eigenvalue weighted by molar-refractivity contribution is 9.10. The van der Waals surface area contributed by atoms with Crippen molar-refractivity contribution in [1.82, 2.24) is 5.32 Å². The SMILES string of the molecule is CC(C)(NC(=O)C1CCCCCC1N)c1ccc(Br)cc1. The van der Waals surface area contributed by atoms with Crippen molar-refractivity contribution in [2.45, 2.75) is 57.5 Å². The van der Waals surface area contributed by atoms with Gasteiger partial charge in [-0.2, -0.15) is 0 Å². The molecule has 0 spiro atoms. The van der Waals surface area contributed by atoms with Crippen LogP contribution in [0.4, 0.5) is 0 Å². The van der Waals surface area contributed by atoms with Crippen molar-refractivity contribution >= 4 is 21.8 Å². The van der Waals surface area contributed by atoms with E-state index in [-0.39, 0.29) is 23.4 Å². The van der Waals surface area contributed by atoms with Crippen molar-refractivity contribution in [3.63, 3.8) is 0 Å². The summed E-state index contributed by atoms with van der Waals surface area (Å²) in [6.45, 7) is 4.08. The molecule has 1 aromatic carbocycles. The van der Waals surface area contributed by atoms with Crippen molar-refractivity contribution < 1.29 is 4.79 Å². The molecule has 0 aliphatic heterocycles. The van der Waals surface area contributed by atoms with Gasteiger partial charge in [-0.25, -0.2) is 0 Å². The lowest BCUT2D eigenvalue weighted by molar-refractivity contribution is -0.127. The number of nitrogens with two attached hydrogens (primary N) is 1. The van der Waals surface area contributed by atoms with Gasteiger partial charge in [0.2, 0.25) is 5.91 Å². The van der Waals surface area contributed by atoms with E-state index in [1.54, 1.807) is 0 Å². The largest absolute Gasteiger partial charge is 0.347 e. The summed E-state index contributed by atoms with van der Waals surface area (Å²) < 4.78 is 1.04. The number of carbonyl (C=O) groups is 1. The third kappa shape index (κ3) is 4.30. The molecule has 3 N–H and O–H groups in total. The van der Waals surface area contributed by atoms with E-state index in [9.17, 15) is 4.79 Å². The minimum Gasteiger partial charge on any atom is -0.347 e. The van der Waals surface area contributed by atoms with Gasteiger partial charge in [0.1, 0.15) is 0 Å². The van der Waals surface area contributed by atoms with Crippen LogP contribution in [0.1, 0.15) is 51.5 Å². The van der Waals surface area contributed by atoms with Crippen molar-refractivity contribution in [3.8, 4) is 0 Å². The molecule has 2 atom stereocenters. The number of amides is 1. The van der Waals surface area contributed by atoms with Crippen LogP contribution in [0.2, 0.25) is 0 Å². The lowest BCUT2D eigenvalue weighted by Crippen LogP contribution is -2.48. The summed E-state index contributed by atoms with van der Waals surface area (Å²) in [5, 5.41) is 3.19. The van der Waals surface area contributed by atoms with Crippen molar-refractivity contribution in [3.05, 3.63) is 34.3 Å². The molecule has 1 aromatic rings. The zero-order chi connectivity index (χ0) is 15.5. The Morgan fingerprint density at radius 2 is 1.81 bits per heavy atom. The molecule has 0 heterocycles. The number of rotatable bonds is 3. The summed E-state index contributed by atoms with van der Waals surface area (Å²) >= 11 is 3.44. The predicted molar refractivity (Wildman–Crippen MR) is 89.9 cm³/mol. The van der Waals surface area contributed by atoms with Gasteiger partial charge in [-0.15, -0.1) is 0 Å². The second-order valence-electron chi connectivity index (χ2n) is 6.53. The third-order valence-corrected chi connectivity index (χ3v) is 4.94. The summed E-state index contributed by atoms with van der Waals surface area (Å²) in [6, 6.07) is 8.07. The van der Waals surface area contributed by atoms with Crippen LogP contribution >= 0.6 is 15.9 Å². The summed E-state index contributed by atoms with van der Waals surface area (Å²) in [5.41, 5.74) is 6.90. The molecule has 21 heavy (non-hydrogen) atoms. The smallest absolute Gasteiger partial charge is 0.225 e. The standard InChI is InChI=1S/C17H25BrN2O/c1-17(2,12-8-10-13(18)11-9-12)20-16(21)14-6-4-3-5-7-15(14)19/h8-11,14-15H,3-7,19H2,1-2H3,(H,20,21). The van der Waals surface area contributed by atoms with E-state index in [4.69, 9.17) is 5.73 Å². The average Bonchev–Trinajstić information content (AvgIpc) is 2.63. The Kier molecular flexibility index (Phi) is 5.44. The first-order chi connectivity index (χ1) is 9.90. The molecule has 1 aliphatic rings. The first-order valence-corrected chi connectivity index (χ1v) is 8.53. The molecule has 116 valence electrons. The van der Waals surface area contributed by atoms with Crippen LogP contribution in [-0.4, -0.2) is 11.9 Å². The Hall–Kier alpha value is -0.870. The number of halogens is 1. The lowest BCUT2D eigenvalue weighted by atomic mass is 9.90. The minimum absolute atomic E-state index is 0.00628. The molecule has 1 aliphatic carbocycles. The van der Waals surface area contributed by atoms with E-state index in [2.05, 4.69) is 21.2 Å². The van der Waals surface area contributed by atoms with Gasteiger partial charge in [0, 0.05) is 10.5 Å². The van der Waals surface area contributed by atoms with Crippen LogP contribution in [0.25, 0.3) is 0 Å². The Morgan fingerprint density at radius 1 is 1.19 bits per heavy atom. The molecule has 0 saturated heterocycles. The van der Waals surface area contributed by atoms with Gasteiger partial charge in [-0.05, 0) is 44.4 Å². The van der Waals surface area contributed by atoms with Crippen molar-refractivity contribution in [2.75, 3.05) is 0 Å². The van der Waals surface area contributed by atoms with Gasteiger partial charge in [-0.1, -0.05) is 47.3 Å². The highest BCUT2D eigenvalue weighted by Gasteiger charge is 2.31. The van der Waals surface area contributed by atoms with Gasteiger partial charge in [-0.3, -0.25) is 4.79 Å². The average molecular weight is 353 g/mol. The molecule has 2 rings (SSSR count). The fraction of sp³-hybridized carbons (Fsp3) is 0.588. The van der Waals surface area contributed by atoms with Crippen LogP contribution in [0.3, 0.4) is 0 Å². The molecule has 1 fully saturated rings. The van der Waals surface area contributed by atoms with E-state index in [0.717, 1.165) is 35.7 Å². The highest BCUT2D eigenvalue weighted by atomic mass is 79.9. The van der Waals surface area contributed by atoms with E-state index in [0.29, 0.717) is 0 Å². The lowest BCUT2D eigenvalue weighted by Gasteiger charge is -2.30. The molecule has 1 amide bonds. The summed E-state index contributed by atoms with van der Waals surface area (Å²) in [4.78, 5) is 12.6. The van der Waals surface area contributed by atoms with Crippen molar-refractivity contribution in [2.24, 2.45) is 11.7 Å². The van der Waals surface area contributed by atoms with E-state index in [1.165, 1.54) is 6.42 Å². The maximum absolute atomic E-state index is 12.6.